The minimum atomic E-state index is -0.563. The predicted octanol–water partition coefficient (Wildman–Crippen LogP) is 2.77. The van der Waals surface area contributed by atoms with E-state index in [-0.39, 0.29) is 22.6 Å². The van der Waals surface area contributed by atoms with Gasteiger partial charge in [-0.1, -0.05) is 0 Å². The zero-order chi connectivity index (χ0) is 13.6. The molecular weight excluding hydrogens is 248 g/mol. The molecule has 1 aromatic carbocycles. The summed E-state index contributed by atoms with van der Waals surface area (Å²) < 4.78 is 10.5. The summed E-state index contributed by atoms with van der Waals surface area (Å²) in [5.41, 5.74) is -0.0926. The van der Waals surface area contributed by atoms with Crippen molar-refractivity contribution in [3.8, 4) is 22.8 Å². The average Bonchev–Trinajstić information content (AvgIpc) is 2.77. The van der Waals surface area contributed by atoms with Crippen LogP contribution >= 0.6 is 0 Å². The molecule has 0 aliphatic rings. The Kier molecular flexibility index (Phi) is 2.35. The number of phenolic OH excluding ortho intramolecular Hbond substituents is 2. The third-order valence-electron chi connectivity index (χ3n) is 2.84. The van der Waals surface area contributed by atoms with Crippen molar-refractivity contribution in [1.82, 2.24) is 0 Å². The monoisotopic (exact) mass is 258 g/mol. The van der Waals surface area contributed by atoms with Crippen molar-refractivity contribution in [2.75, 3.05) is 0 Å². The van der Waals surface area contributed by atoms with Crippen LogP contribution in [0, 0.1) is 6.92 Å². The molecule has 0 bridgehead atoms. The summed E-state index contributed by atoms with van der Waals surface area (Å²) in [6.45, 7) is 1.77. The van der Waals surface area contributed by atoms with Gasteiger partial charge < -0.3 is 19.0 Å². The Morgan fingerprint density at radius 2 is 1.74 bits per heavy atom. The van der Waals surface area contributed by atoms with Crippen LogP contribution in [-0.4, -0.2) is 10.2 Å². The third-order valence-corrected chi connectivity index (χ3v) is 2.84. The van der Waals surface area contributed by atoms with E-state index in [1.165, 1.54) is 12.1 Å². The molecule has 0 aliphatic carbocycles. The first-order valence-electron chi connectivity index (χ1n) is 5.61. The van der Waals surface area contributed by atoms with Gasteiger partial charge in [-0.3, -0.25) is 0 Å². The summed E-state index contributed by atoms with van der Waals surface area (Å²) in [4.78, 5) is 11.9. The van der Waals surface area contributed by atoms with Crippen LogP contribution < -0.4 is 5.63 Å². The molecule has 19 heavy (non-hydrogen) atoms. The number of phenols is 2. The maximum Gasteiger partial charge on any atom is 0.347 e. The van der Waals surface area contributed by atoms with Crippen molar-refractivity contribution < 1.29 is 19.0 Å². The van der Waals surface area contributed by atoms with E-state index in [1.54, 1.807) is 25.1 Å². The molecule has 0 amide bonds. The van der Waals surface area contributed by atoms with Crippen LogP contribution in [0.3, 0.4) is 0 Å². The van der Waals surface area contributed by atoms with Gasteiger partial charge in [0.2, 0.25) is 0 Å². The van der Waals surface area contributed by atoms with E-state index in [9.17, 15) is 15.0 Å². The molecule has 2 heterocycles. The molecule has 0 saturated carbocycles. The van der Waals surface area contributed by atoms with E-state index in [0.717, 1.165) is 0 Å². The van der Waals surface area contributed by atoms with Gasteiger partial charge in [0.05, 0.1) is 0 Å². The molecule has 0 spiro atoms. The normalized spacial score (nSPS) is 11.0. The Hall–Kier alpha value is -2.69. The molecule has 3 aromatic rings. The lowest BCUT2D eigenvalue weighted by Crippen LogP contribution is -2.01. The Morgan fingerprint density at radius 3 is 2.42 bits per heavy atom. The number of aryl methyl sites for hydroxylation is 1. The highest BCUT2D eigenvalue weighted by Gasteiger charge is 2.12. The Labute approximate surface area is 107 Å². The number of benzene rings is 1. The molecule has 0 aliphatic heterocycles. The molecule has 2 N–H and O–H groups in total. The predicted molar refractivity (Wildman–Crippen MR) is 68.3 cm³/mol. The lowest BCUT2D eigenvalue weighted by atomic mass is 10.1. The third kappa shape index (κ3) is 1.85. The average molecular weight is 258 g/mol. The minimum Gasteiger partial charge on any atom is -0.504 e. The van der Waals surface area contributed by atoms with E-state index in [0.29, 0.717) is 16.9 Å². The fourth-order valence-corrected chi connectivity index (χ4v) is 1.90. The fraction of sp³-hybridized carbons (Fsp3) is 0.0714. The van der Waals surface area contributed by atoms with E-state index in [2.05, 4.69) is 0 Å². The van der Waals surface area contributed by atoms with E-state index < -0.39 is 5.63 Å². The molecular formula is C14H10O5. The zero-order valence-electron chi connectivity index (χ0n) is 10.0. The highest BCUT2D eigenvalue weighted by Crippen LogP contribution is 2.31. The van der Waals surface area contributed by atoms with Gasteiger partial charge in [0.15, 0.2) is 11.5 Å². The van der Waals surface area contributed by atoms with Gasteiger partial charge in [-0.05, 0) is 31.2 Å². The summed E-state index contributed by atoms with van der Waals surface area (Å²) in [6, 6.07) is 7.50. The Bertz CT molecular complexity index is 825. The summed E-state index contributed by atoms with van der Waals surface area (Å²) >= 11 is 0. The second-order valence-corrected chi connectivity index (χ2v) is 4.24. The van der Waals surface area contributed by atoms with Crippen LogP contribution in [0.4, 0.5) is 0 Å². The summed E-state index contributed by atoms with van der Waals surface area (Å²) in [6.07, 6.45) is 0. The molecule has 0 atom stereocenters. The molecule has 0 unspecified atom stereocenters. The smallest absolute Gasteiger partial charge is 0.347 e. The van der Waals surface area contributed by atoms with Crippen LogP contribution in [0.5, 0.6) is 11.5 Å². The van der Waals surface area contributed by atoms with E-state index >= 15 is 0 Å². The van der Waals surface area contributed by atoms with Gasteiger partial charge in [0.1, 0.15) is 22.7 Å². The standard InChI is InChI=1S/C14H10O5/c1-7-2-3-12(18-7)9-4-8-5-10(15)11(16)6-13(8)19-14(9)17/h2-6,15-16H,1H3. The number of aromatic hydroxyl groups is 2. The minimum absolute atomic E-state index is 0.201. The van der Waals surface area contributed by atoms with Crippen molar-refractivity contribution in [2.45, 2.75) is 6.92 Å². The molecule has 0 radical (unpaired) electrons. The van der Waals surface area contributed by atoms with Gasteiger partial charge >= 0.3 is 5.63 Å². The SMILES string of the molecule is Cc1ccc(-c2cc3cc(O)c(O)cc3oc2=O)o1. The molecule has 0 saturated heterocycles. The topological polar surface area (TPSA) is 83.8 Å². The first kappa shape index (κ1) is 11.4. The number of hydrogen-bond acceptors (Lipinski definition) is 5. The summed E-state index contributed by atoms with van der Waals surface area (Å²) in [5, 5.41) is 19.3. The summed E-state index contributed by atoms with van der Waals surface area (Å²) in [5.74, 6) is 0.476. The largest absolute Gasteiger partial charge is 0.504 e. The van der Waals surface area contributed by atoms with Crippen molar-refractivity contribution >= 4 is 11.0 Å². The lowest BCUT2D eigenvalue weighted by molar-refractivity contribution is 0.403. The van der Waals surface area contributed by atoms with Crippen LogP contribution in [0.2, 0.25) is 0 Å². The molecule has 0 fully saturated rings. The Balaban J connectivity index is 2.30. The van der Waals surface area contributed by atoms with Crippen molar-refractivity contribution in [2.24, 2.45) is 0 Å². The number of hydrogen-bond donors (Lipinski definition) is 2. The van der Waals surface area contributed by atoms with E-state index in [1.807, 2.05) is 0 Å². The van der Waals surface area contributed by atoms with Gasteiger partial charge in [-0.2, -0.15) is 0 Å². The highest BCUT2D eigenvalue weighted by atomic mass is 16.4. The van der Waals surface area contributed by atoms with Crippen LogP contribution in [0.25, 0.3) is 22.3 Å². The second kappa shape index (κ2) is 3.91. The maximum absolute atomic E-state index is 11.9. The van der Waals surface area contributed by atoms with Crippen LogP contribution in [0.1, 0.15) is 5.76 Å². The van der Waals surface area contributed by atoms with Gasteiger partial charge in [-0.15, -0.1) is 0 Å². The molecule has 2 aromatic heterocycles. The zero-order valence-corrected chi connectivity index (χ0v) is 10.0. The second-order valence-electron chi connectivity index (χ2n) is 4.24. The fourth-order valence-electron chi connectivity index (χ4n) is 1.90. The van der Waals surface area contributed by atoms with Crippen molar-refractivity contribution in [1.29, 1.82) is 0 Å². The molecule has 5 nitrogen and oxygen atoms in total. The highest BCUT2D eigenvalue weighted by molar-refractivity contribution is 5.83. The van der Waals surface area contributed by atoms with Crippen LogP contribution in [-0.2, 0) is 0 Å². The van der Waals surface area contributed by atoms with Crippen molar-refractivity contribution in [3.63, 3.8) is 0 Å². The number of rotatable bonds is 1. The van der Waals surface area contributed by atoms with Gasteiger partial charge in [0, 0.05) is 11.5 Å². The lowest BCUT2D eigenvalue weighted by Gasteiger charge is -2.02. The van der Waals surface area contributed by atoms with Crippen molar-refractivity contribution in [3.05, 3.63) is 46.5 Å². The molecule has 5 heteroatoms. The quantitative estimate of drug-likeness (QED) is 0.518. The summed E-state index contributed by atoms with van der Waals surface area (Å²) in [7, 11) is 0. The molecule has 96 valence electrons. The maximum atomic E-state index is 11.9. The van der Waals surface area contributed by atoms with Gasteiger partial charge in [0.25, 0.3) is 0 Å². The first-order chi connectivity index (χ1) is 9.04. The molecule has 3 rings (SSSR count). The van der Waals surface area contributed by atoms with Gasteiger partial charge in [-0.25, -0.2) is 4.79 Å². The number of furan rings is 1. The Morgan fingerprint density at radius 1 is 1.00 bits per heavy atom. The first-order valence-corrected chi connectivity index (χ1v) is 5.61. The number of fused-ring (bicyclic) bond motifs is 1. The van der Waals surface area contributed by atoms with Crippen LogP contribution in [0.15, 0.2) is 44.0 Å². The van der Waals surface area contributed by atoms with E-state index in [4.69, 9.17) is 8.83 Å².